The second-order valence-electron chi connectivity index (χ2n) is 6.09. The molecule has 0 aromatic heterocycles. The molecule has 1 fully saturated rings. The monoisotopic (exact) mass is 303 g/mol. The molecule has 0 unspecified atom stereocenters. The molecule has 1 spiro atoms. The van der Waals surface area contributed by atoms with Gasteiger partial charge in [0.1, 0.15) is 17.2 Å². The van der Waals surface area contributed by atoms with Gasteiger partial charge in [-0.15, -0.1) is 0 Å². The topological polar surface area (TPSA) is 35.2 Å². The van der Waals surface area contributed by atoms with Crippen LogP contribution in [0.15, 0.2) is 18.2 Å². The minimum absolute atomic E-state index is 0.0623. The van der Waals surface area contributed by atoms with E-state index in [2.05, 4.69) is 0 Å². The van der Waals surface area contributed by atoms with Crippen LogP contribution in [0.1, 0.15) is 43.7 Å². The van der Waals surface area contributed by atoms with E-state index in [1.807, 2.05) is 0 Å². The molecule has 1 aliphatic carbocycles. The highest BCUT2D eigenvalue weighted by atomic mass is 19.4. The Hall–Kier alpha value is -1.30. The molecule has 1 aromatic carbocycles. The van der Waals surface area contributed by atoms with Gasteiger partial charge in [-0.2, -0.15) is 13.2 Å². The number of halogens is 4. The highest BCUT2D eigenvalue weighted by molar-refractivity contribution is 5.39. The number of rotatable bonds is 0. The Morgan fingerprint density at radius 1 is 1.19 bits per heavy atom. The average Bonchev–Trinajstić information content (AvgIpc) is 2.39. The van der Waals surface area contributed by atoms with Crippen LogP contribution in [-0.4, -0.2) is 11.8 Å². The fraction of sp³-hybridized carbons (Fsp3) is 0.600. The van der Waals surface area contributed by atoms with Gasteiger partial charge in [0.15, 0.2) is 0 Å². The molecule has 3 rings (SSSR count). The molecule has 0 amide bonds. The molecule has 2 N–H and O–H groups in total. The molecule has 6 heteroatoms. The Morgan fingerprint density at radius 2 is 1.86 bits per heavy atom. The largest absolute Gasteiger partial charge is 0.487 e. The summed E-state index contributed by atoms with van der Waals surface area (Å²) in [7, 11) is 0. The van der Waals surface area contributed by atoms with E-state index in [1.54, 1.807) is 0 Å². The Bertz CT molecular complexity index is 535. The van der Waals surface area contributed by atoms with Crippen LogP contribution in [-0.2, 0) is 0 Å². The van der Waals surface area contributed by atoms with Gasteiger partial charge in [0.05, 0.1) is 5.92 Å². The molecule has 1 aliphatic heterocycles. The van der Waals surface area contributed by atoms with Gasteiger partial charge in [0.25, 0.3) is 0 Å². The van der Waals surface area contributed by atoms with Gasteiger partial charge in [-0.1, -0.05) is 0 Å². The lowest BCUT2D eigenvalue weighted by Crippen LogP contribution is -2.47. The molecule has 0 saturated heterocycles. The second kappa shape index (κ2) is 4.87. The van der Waals surface area contributed by atoms with Gasteiger partial charge in [0, 0.05) is 18.0 Å². The van der Waals surface area contributed by atoms with Crippen LogP contribution < -0.4 is 10.5 Å². The SMILES string of the molecule is N[C@@H]1CC2(CCC(C(F)(F)F)CC2)Oc2ccc(F)cc21. The van der Waals surface area contributed by atoms with Crippen molar-refractivity contribution in [3.05, 3.63) is 29.6 Å². The first-order chi connectivity index (χ1) is 9.79. The maximum absolute atomic E-state index is 13.2. The van der Waals surface area contributed by atoms with E-state index in [9.17, 15) is 17.6 Å². The molecule has 1 saturated carbocycles. The Kier molecular flexibility index (Phi) is 3.39. The van der Waals surface area contributed by atoms with Gasteiger partial charge in [0.2, 0.25) is 0 Å². The number of nitrogens with two attached hydrogens (primary N) is 1. The summed E-state index contributed by atoms with van der Waals surface area (Å²) < 4.78 is 57.4. The quantitative estimate of drug-likeness (QED) is 0.732. The molecule has 2 nitrogen and oxygen atoms in total. The van der Waals surface area contributed by atoms with Crippen molar-refractivity contribution in [2.75, 3.05) is 0 Å². The van der Waals surface area contributed by atoms with Gasteiger partial charge in [-0.25, -0.2) is 4.39 Å². The van der Waals surface area contributed by atoms with E-state index >= 15 is 0 Å². The minimum Gasteiger partial charge on any atom is -0.487 e. The summed E-state index contributed by atoms with van der Waals surface area (Å²) in [5, 5.41) is 0. The third kappa shape index (κ3) is 2.73. The smallest absolute Gasteiger partial charge is 0.391 e. The minimum atomic E-state index is -4.14. The summed E-state index contributed by atoms with van der Waals surface area (Å²) in [5.41, 5.74) is 6.04. The second-order valence-corrected chi connectivity index (χ2v) is 6.09. The normalized spacial score (nSPS) is 32.6. The zero-order valence-corrected chi connectivity index (χ0v) is 11.4. The first kappa shape index (κ1) is 14.6. The average molecular weight is 303 g/mol. The van der Waals surface area contributed by atoms with Crippen molar-refractivity contribution in [1.29, 1.82) is 0 Å². The van der Waals surface area contributed by atoms with Crippen molar-refractivity contribution in [1.82, 2.24) is 0 Å². The molecule has 0 bridgehead atoms. The predicted octanol–water partition coefficient (Wildman–Crippen LogP) is 4.10. The molecule has 2 aliphatic rings. The van der Waals surface area contributed by atoms with Gasteiger partial charge in [-0.05, 0) is 43.9 Å². The van der Waals surface area contributed by atoms with E-state index in [-0.39, 0.29) is 18.7 Å². The molecule has 21 heavy (non-hydrogen) atoms. The van der Waals surface area contributed by atoms with E-state index in [0.717, 1.165) is 0 Å². The maximum Gasteiger partial charge on any atom is 0.391 e. The fourth-order valence-corrected chi connectivity index (χ4v) is 3.47. The molecule has 1 aromatic rings. The van der Waals surface area contributed by atoms with Crippen LogP contribution >= 0.6 is 0 Å². The highest BCUT2D eigenvalue weighted by Gasteiger charge is 2.49. The number of hydrogen-bond acceptors (Lipinski definition) is 2. The molecular formula is C15H17F4NO. The van der Waals surface area contributed by atoms with Crippen molar-refractivity contribution in [3.8, 4) is 5.75 Å². The molecule has 0 radical (unpaired) electrons. The molecule has 1 heterocycles. The van der Waals surface area contributed by atoms with Gasteiger partial charge in [-0.3, -0.25) is 0 Å². The summed E-state index contributed by atoms with van der Waals surface area (Å²) in [4.78, 5) is 0. The number of hydrogen-bond donors (Lipinski definition) is 1. The zero-order chi connectivity index (χ0) is 15.3. The number of benzene rings is 1. The van der Waals surface area contributed by atoms with Crippen LogP contribution in [0.25, 0.3) is 0 Å². The van der Waals surface area contributed by atoms with E-state index in [1.165, 1.54) is 18.2 Å². The standard InChI is InChI=1S/C15H17F4NO/c16-10-1-2-13-11(7-10)12(20)8-14(21-13)5-3-9(4-6-14)15(17,18)19/h1-2,7,9,12H,3-6,8,20H2/t9?,12-,14?/m1/s1. The Morgan fingerprint density at radius 3 is 2.48 bits per heavy atom. The Balaban J connectivity index is 1.79. The number of fused-ring (bicyclic) bond motifs is 1. The molecular weight excluding hydrogens is 286 g/mol. The number of alkyl halides is 3. The third-order valence-corrected chi connectivity index (χ3v) is 4.65. The van der Waals surface area contributed by atoms with E-state index in [0.29, 0.717) is 30.6 Å². The van der Waals surface area contributed by atoms with Crippen molar-refractivity contribution in [2.24, 2.45) is 11.7 Å². The van der Waals surface area contributed by atoms with E-state index in [4.69, 9.17) is 10.5 Å². The predicted molar refractivity (Wildman–Crippen MR) is 69.3 cm³/mol. The van der Waals surface area contributed by atoms with Crippen LogP contribution in [0.5, 0.6) is 5.75 Å². The van der Waals surface area contributed by atoms with Crippen LogP contribution in [0.4, 0.5) is 17.6 Å². The van der Waals surface area contributed by atoms with Gasteiger partial charge >= 0.3 is 6.18 Å². The van der Waals surface area contributed by atoms with Gasteiger partial charge < -0.3 is 10.5 Å². The first-order valence-corrected chi connectivity index (χ1v) is 7.10. The van der Waals surface area contributed by atoms with Crippen molar-refractivity contribution < 1.29 is 22.3 Å². The third-order valence-electron chi connectivity index (χ3n) is 4.65. The summed E-state index contributed by atoms with van der Waals surface area (Å²) in [6.07, 6.45) is -2.91. The highest BCUT2D eigenvalue weighted by Crippen LogP contribution is 2.49. The zero-order valence-electron chi connectivity index (χ0n) is 11.4. The van der Waals surface area contributed by atoms with Crippen molar-refractivity contribution >= 4 is 0 Å². The van der Waals surface area contributed by atoms with Crippen LogP contribution in [0.2, 0.25) is 0 Å². The van der Waals surface area contributed by atoms with Crippen molar-refractivity contribution in [2.45, 2.75) is 49.9 Å². The Labute approximate surface area is 120 Å². The number of ether oxygens (including phenoxy) is 1. The summed E-state index contributed by atoms with van der Waals surface area (Å²) in [6, 6.07) is 3.74. The van der Waals surface area contributed by atoms with Crippen LogP contribution in [0.3, 0.4) is 0 Å². The van der Waals surface area contributed by atoms with E-state index < -0.39 is 23.7 Å². The lowest BCUT2D eigenvalue weighted by atomic mass is 9.73. The lowest BCUT2D eigenvalue weighted by Gasteiger charge is -2.45. The first-order valence-electron chi connectivity index (χ1n) is 7.10. The van der Waals surface area contributed by atoms with Crippen LogP contribution in [0, 0.1) is 11.7 Å². The fourth-order valence-electron chi connectivity index (χ4n) is 3.47. The summed E-state index contributed by atoms with van der Waals surface area (Å²) >= 11 is 0. The maximum atomic E-state index is 13.2. The lowest BCUT2D eigenvalue weighted by molar-refractivity contribution is -0.191. The summed E-state index contributed by atoms with van der Waals surface area (Å²) in [5.74, 6) is -1.14. The van der Waals surface area contributed by atoms with Crippen molar-refractivity contribution in [3.63, 3.8) is 0 Å². The molecule has 116 valence electrons. The summed E-state index contributed by atoms with van der Waals surface area (Å²) in [6.45, 7) is 0. The molecule has 1 atom stereocenters.